The van der Waals surface area contributed by atoms with Crippen LogP contribution in [0, 0.1) is 5.92 Å². The first kappa shape index (κ1) is 54.2. The summed E-state index contributed by atoms with van der Waals surface area (Å²) in [5.74, 6) is -1.23. The second-order valence-corrected chi connectivity index (χ2v) is 17.1. The zero-order chi connectivity index (χ0) is 48.6. The summed E-state index contributed by atoms with van der Waals surface area (Å²) in [6.45, 7) is -1.84. The quantitative estimate of drug-likeness (QED) is 0.0724. The Hall–Kier alpha value is -1.16. The van der Waals surface area contributed by atoms with Crippen LogP contribution in [-0.4, -0.2) is 303 Å². The van der Waals surface area contributed by atoms with Gasteiger partial charge in [0.1, 0.15) is 128 Å². The summed E-state index contributed by atoms with van der Waals surface area (Å²) in [6, 6.07) is 0. The molecule has 0 spiro atoms. The first-order chi connectivity index (χ1) is 31.2. The molecular weight excluding hydrogens is 908 g/mol. The fraction of sp³-hybridized carbons (Fsp3) is 1.00. The number of aliphatic hydroxyl groups excluding tert-OH is 18. The third kappa shape index (κ3) is 10.8. The molecule has 0 aromatic carbocycles. The average molecular weight is 973 g/mol. The van der Waals surface area contributed by atoms with E-state index in [0.717, 1.165) is 0 Å². The summed E-state index contributed by atoms with van der Waals surface area (Å²) in [5.41, 5.74) is 0. The SMILES string of the molecule is CC1O[C@@H](O[C@H]2C(O)[C@@H](O)C(CO)O[C@H]2OC2[C@@H](O)C(CO)O[C@@H](O[C@@H]3C(O)[C@@H](O[C@H]4C(CO)O[C@@H](O[C@@H]5C(CO)O[C@@H](O)[C@@H](O)C5O)[C@@H](O)C4O)OC(CO)[C@@H]3O)[C@H]2C)[C@@H](O)[C@@H](O)C1O. The van der Waals surface area contributed by atoms with Gasteiger partial charge in [-0.05, 0) is 6.92 Å². The van der Waals surface area contributed by atoms with E-state index in [-0.39, 0.29) is 0 Å². The topological polar surface area (TPSA) is 466 Å². The molecule has 6 saturated heterocycles. The van der Waals surface area contributed by atoms with Crippen molar-refractivity contribution < 1.29 is 144 Å². The van der Waals surface area contributed by atoms with Crippen molar-refractivity contribution >= 4 is 0 Å². The summed E-state index contributed by atoms with van der Waals surface area (Å²) < 4.78 is 62.4. The molecule has 0 aliphatic carbocycles. The van der Waals surface area contributed by atoms with Crippen molar-refractivity contribution in [3.8, 4) is 0 Å². The number of ether oxygens (including phenoxy) is 11. The summed E-state index contributed by atoms with van der Waals surface area (Å²) >= 11 is 0. The highest BCUT2D eigenvalue weighted by molar-refractivity contribution is 4.99. The van der Waals surface area contributed by atoms with Crippen LogP contribution in [0.25, 0.3) is 0 Å². The van der Waals surface area contributed by atoms with Gasteiger partial charge in [0.25, 0.3) is 0 Å². The van der Waals surface area contributed by atoms with Gasteiger partial charge in [0.15, 0.2) is 37.7 Å². The zero-order valence-corrected chi connectivity index (χ0v) is 35.4. The third-order valence-electron chi connectivity index (χ3n) is 12.7. The molecule has 30 atom stereocenters. The summed E-state index contributed by atoms with van der Waals surface area (Å²) in [4.78, 5) is 0. The van der Waals surface area contributed by atoms with Crippen molar-refractivity contribution in [1.29, 1.82) is 0 Å². The van der Waals surface area contributed by atoms with E-state index in [9.17, 15) is 91.9 Å². The summed E-state index contributed by atoms with van der Waals surface area (Å²) in [5, 5.41) is 190. The summed E-state index contributed by atoms with van der Waals surface area (Å²) in [6.07, 6.45) is -51.5. The van der Waals surface area contributed by atoms with E-state index >= 15 is 0 Å². The molecule has 6 rings (SSSR count). The van der Waals surface area contributed by atoms with E-state index in [1.807, 2.05) is 0 Å². The lowest BCUT2D eigenvalue weighted by Crippen LogP contribution is -2.67. The highest BCUT2D eigenvalue weighted by atomic mass is 16.8. The molecule has 66 heavy (non-hydrogen) atoms. The first-order valence-electron chi connectivity index (χ1n) is 21.3. The fourth-order valence-electron chi connectivity index (χ4n) is 8.67. The monoisotopic (exact) mass is 972 g/mol. The predicted octanol–water partition coefficient (Wildman–Crippen LogP) is -11.8. The minimum absolute atomic E-state index is 0.852. The van der Waals surface area contributed by atoms with Gasteiger partial charge >= 0.3 is 0 Å². The van der Waals surface area contributed by atoms with Gasteiger partial charge in [0.05, 0.1) is 45.2 Å². The van der Waals surface area contributed by atoms with Crippen LogP contribution in [0.4, 0.5) is 0 Å². The highest BCUT2D eigenvalue weighted by Gasteiger charge is 2.57. The lowest BCUT2D eigenvalue weighted by molar-refractivity contribution is -0.396. The number of aliphatic hydroxyl groups is 18. The lowest BCUT2D eigenvalue weighted by Gasteiger charge is -2.50. The Kier molecular flexibility index (Phi) is 18.8. The second kappa shape index (κ2) is 22.9. The van der Waals surface area contributed by atoms with Crippen molar-refractivity contribution in [2.75, 3.05) is 33.0 Å². The largest absolute Gasteiger partial charge is 0.394 e. The van der Waals surface area contributed by atoms with E-state index in [1.165, 1.54) is 13.8 Å². The number of hydrogen-bond acceptors (Lipinski definition) is 29. The van der Waals surface area contributed by atoms with Crippen LogP contribution < -0.4 is 0 Å². The average Bonchev–Trinajstić information content (AvgIpc) is 3.30. The van der Waals surface area contributed by atoms with Gasteiger partial charge in [-0.15, -0.1) is 0 Å². The van der Waals surface area contributed by atoms with Crippen molar-refractivity contribution in [3.63, 3.8) is 0 Å². The van der Waals surface area contributed by atoms with Gasteiger partial charge < -0.3 is 144 Å². The smallest absolute Gasteiger partial charge is 0.187 e. The molecular formula is C37H64O29. The van der Waals surface area contributed by atoms with Crippen LogP contribution in [0.1, 0.15) is 13.8 Å². The Morgan fingerprint density at radius 2 is 0.667 bits per heavy atom. The van der Waals surface area contributed by atoms with E-state index in [0.29, 0.717) is 0 Å². The molecule has 6 fully saturated rings. The van der Waals surface area contributed by atoms with Crippen molar-refractivity contribution in [2.24, 2.45) is 5.92 Å². The van der Waals surface area contributed by atoms with Gasteiger partial charge in [-0.1, -0.05) is 6.92 Å². The Bertz CT molecular complexity index is 1490. The maximum absolute atomic E-state index is 11.6. The van der Waals surface area contributed by atoms with Gasteiger partial charge in [-0.3, -0.25) is 0 Å². The molecule has 29 nitrogen and oxygen atoms in total. The van der Waals surface area contributed by atoms with Crippen molar-refractivity contribution in [1.82, 2.24) is 0 Å². The minimum atomic E-state index is -2.09. The number of hydrogen-bond donors (Lipinski definition) is 18. The maximum Gasteiger partial charge on any atom is 0.187 e. The van der Waals surface area contributed by atoms with Gasteiger partial charge in [-0.25, -0.2) is 0 Å². The zero-order valence-electron chi connectivity index (χ0n) is 35.4. The molecule has 0 amide bonds. The van der Waals surface area contributed by atoms with E-state index < -0.39 is 217 Å². The second-order valence-electron chi connectivity index (χ2n) is 17.1. The Morgan fingerprint density at radius 1 is 0.288 bits per heavy atom. The lowest BCUT2D eigenvalue weighted by atomic mass is 9.91. The normalized spacial score (nSPS) is 54.0. The maximum atomic E-state index is 11.6. The van der Waals surface area contributed by atoms with Crippen LogP contribution in [0.15, 0.2) is 0 Å². The van der Waals surface area contributed by atoms with Gasteiger partial charge in [0.2, 0.25) is 0 Å². The molecule has 0 saturated carbocycles. The standard InChI is InChI=1S/C37H64O29/c1-8-27(62-37-31(20(48)16(44)10(3-38)60-37)66-34-24(52)19(47)15(43)9(2)56-34)17(45)11(4-39)58-33(8)65-30-18(46)12(5-40)59-36(26(30)54)64-29-14(7-42)61-35(25(53)22(29)50)63-28-13(6-41)57-32(55)23(51)21(28)49/h8-55H,3-7H2,1-2H3/t8-,9?,10?,11?,12?,13?,14?,15?,16-,17-,18-,19-,20?,21?,22?,23-,24-,25-,26?,27?,28+,29-,30-,31-,32+,33-,34-,35-,36+,37-/m0/s1. The van der Waals surface area contributed by atoms with Gasteiger partial charge in [-0.2, -0.15) is 0 Å². The van der Waals surface area contributed by atoms with Crippen molar-refractivity contribution in [3.05, 3.63) is 0 Å². The molecule has 29 heteroatoms. The first-order valence-corrected chi connectivity index (χ1v) is 21.3. The van der Waals surface area contributed by atoms with Crippen LogP contribution in [-0.2, 0) is 52.1 Å². The van der Waals surface area contributed by atoms with Crippen LogP contribution in [0.5, 0.6) is 0 Å². The highest BCUT2D eigenvalue weighted by Crippen LogP contribution is 2.38. The molecule has 6 aliphatic heterocycles. The molecule has 18 N–H and O–H groups in total. The molecule has 12 unspecified atom stereocenters. The Morgan fingerprint density at radius 3 is 1.24 bits per heavy atom. The predicted molar refractivity (Wildman–Crippen MR) is 201 cm³/mol. The molecule has 6 heterocycles. The van der Waals surface area contributed by atoms with E-state index in [2.05, 4.69) is 0 Å². The molecule has 386 valence electrons. The number of rotatable bonds is 15. The van der Waals surface area contributed by atoms with Gasteiger partial charge in [0, 0.05) is 5.92 Å². The minimum Gasteiger partial charge on any atom is -0.394 e. The van der Waals surface area contributed by atoms with Crippen LogP contribution in [0.2, 0.25) is 0 Å². The third-order valence-corrected chi connectivity index (χ3v) is 12.7. The Labute approximate surface area is 374 Å². The molecule has 0 radical (unpaired) electrons. The fourth-order valence-corrected chi connectivity index (χ4v) is 8.67. The van der Waals surface area contributed by atoms with Crippen molar-refractivity contribution in [2.45, 2.75) is 192 Å². The van der Waals surface area contributed by atoms with E-state index in [1.54, 1.807) is 0 Å². The Balaban J connectivity index is 1.18. The summed E-state index contributed by atoms with van der Waals surface area (Å²) in [7, 11) is 0. The van der Waals surface area contributed by atoms with E-state index in [4.69, 9.17) is 52.1 Å². The van der Waals surface area contributed by atoms with Crippen LogP contribution in [0.3, 0.4) is 0 Å². The molecule has 0 aromatic rings. The molecule has 0 aromatic heterocycles. The van der Waals surface area contributed by atoms with Crippen LogP contribution >= 0.6 is 0 Å². The molecule has 6 aliphatic rings. The molecule has 0 bridgehead atoms.